The summed E-state index contributed by atoms with van der Waals surface area (Å²) in [6.07, 6.45) is 3.86. The van der Waals surface area contributed by atoms with E-state index in [1.807, 2.05) is 6.92 Å². The number of ether oxygens (including phenoxy) is 1. The Labute approximate surface area is 155 Å². The van der Waals surface area contributed by atoms with Gasteiger partial charge in [0, 0.05) is 11.3 Å². The Hall–Kier alpha value is -0.660. The molecule has 5 aliphatic rings. The molecule has 2 aliphatic heterocycles. The van der Waals surface area contributed by atoms with Crippen LogP contribution in [0.5, 0.6) is 0 Å². The fraction of sp³-hybridized carbons (Fsp3) is 0.947. The molecule has 5 rings (SSSR count). The molecule has 1 amide bonds. The van der Waals surface area contributed by atoms with Crippen LogP contribution in [0, 0.1) is 28.6 Å². The van der Waals surface area contributed by atoms with Gasteiger partial charge in [-0.2, -0.15) is 0 Å². The van der Waals surface area contributed by atoms with Crippen molar-refractivity contribution >= 4 is 15.9 Å². The number of amides is 1. The van der Waals surface area contributed by atoms with Crippen LogP contribution in [0.2, 0.25) is 0 Å². The highest BCUT2D eigenvalue weighted by Crippen LogP contribution is 2.70. The highest BCUT2D eigenvalue weighted by molar-refractivity contribution is 7.90. The Kier molecular flexibility index (Phi) is 3.25. The maximum absolute atomic E-state index is 13.4. The standard InChI is InChI=1S/C19H29NO5S/c1-11-8-19(9-21)15(25-19)7-13(11)16(22)20-14-6-12-4-5-18(14,17(12,2)3)10-26(20,23)24/h11-15,21H,4-10H2,1-3H3/t11-,12+,13+,14-,15+,18-,19+/m0/s1. The van der Waals surface area contributed by atoms with E-state index in [0.717, 1.165) is 19.3 Å². The fourth-order valence-corrected chi connectivity index (χ4v) is 9.72. The smallest absolute Gasteiger partial charge is 0.239 e. The summed E-state index contributed by atoms with van der Waals surface area (Å²) in [4.78, 5) is 13.4. The molecule has 0 aromatic rings. The molecule has 7 atom stereocenters. The minimum Gasteiger partial charge on any atom is -0.393 e. The van der Waals surface area contributed by atoms with Crippen molar-refractivity contribution in [3.8, 4) is 0 Å². The van der Waals surface area contributed by atoms with Gasteiger partial charge in [0.2, 0.25) is 15.9 Å². The van der Waals surface area contributed by atoms with Crippen LogP contribution in [0.3, 0.4) is 0 Å². The van der Waals surface area contributed by atoms with Gasteiger partial charge < -0.3 is 9.84 Å². The average molecular weight is 384 g/mol. The van der Waals surface area contributed by atoms with Crippen molar-refractivity contribution < 1.29 is 23.1 Å². The van der Waals surface area contributed by atoms with Gasteiger partial charge in [0.1, 0.15) is 5.60 Å². The van der Waals surface area contributed by atoms with Crippen LogP contribution in [0.15, 0.2) is 0 Å². The van der Waals surface area contributed by atoms with Crippen molar-refractivity contribution in [3.05, 3.63) is 0 Å². The molecule has 0 aromatic heterocycles. The minimum absolute atomic E-state index is 0.0201. The van der Waals surface area contributed by atoms with Gasteiger partial charge in [-0.05, 0) is 49.4 Å². The number of carbonyl (C=O) groups excluding carboxylic acids is 1. The SMILES string of the molecule is C[C@H]1C[C@]2(CO)O[C@@H]2C[C@H]1C(=O)N1[C@H]2C[C@H]3CC[C@@]2(CS1(=O)=O)C3(C)C. The molecule has 2 bridgehead atoms. The monoisotopic (exact) mass is 383 g/mol. The number of nitrogens with zero attached hydrogens (tertiary/aromatic N) is 1. The Morgan fingerprint density at radius 2 is 2.04 bits per heavy atom. The molecule has 26 heavy (non-hydrogen) atoms. The molecular weight excluding hydrogens is 354 g/mol. The highest BCUT2D eigenvalue weighted by atomic mass is 32.2. The van der Waals surface area contributed by atoms with E-state index in [9.17, 15) is 18.3 Å². The van der Waals surface area contributed by atoms with Gasteiger partial charge >= 0.3 is 0 Å². The first-order valence-corrected chi connectivity index (χ1v) is 11.5. The molecule has 6 nitrogen and oxygen atoms in total. The molecule has 3 saturated carbocycles. The highest BCUT2D eigenvalue weighted by Gasteiger charge is 2.73. The Morgan fingerprint density at radius 3 is 2.69 bits per heavy atom. The quantitative estimate of drug-likeness (QED) is 0.731. The predicted octanol–water partition coefficient (Wildman–Crippen LogP) is 1.53. The lowest BCUT2D eigenvalue weighted by atomic mass is 9.68. The molecule has 5 fully saturated rings. The summed E-state index contributed by atoms with van der Waals surface area (Å²) in [5.74, 6) is 0.114. The van der Waals surface area contributed by atoms with E-state index in [-0.39, 0.29) is 53.1 Å². The first-order chi connectivity index (χ1) is 12.1. The number of aliphatic hydroxyl groups is 1. The van der Waals surface area contributed by atoms with Crippen LogP contribution in [0.4, 0.5) is 0 Å². The average Bonchev–Trinajstić information content (AvgIpc) is 3.07. The van der Waals surface area contributed by atoms with Crippen LogP contribution in [-0.4, -0.2) is 53.8 Å². The molecule has 0 aromatic carbocycles. The molecule has 0 radical (unpaired) electrons. The van der Waals surface area contributed by atoms with Crippen molar-refractivity contribution in [1.82, 2.24) is 4.31 Å². The lowest BCUT2D eigenvalue weighted by molar-refractivity contribution is -0.136. The van der Waals surface area contributed by atoms with Gasteiger partial charge in [-0.3, -0.25) is 4.79 Å². The van der Waals surface area contributed by atoms with Crippen molar-refractivity contribution in [2.24, 2.45) is 28.6 Å². The van der Waals surface area contributed by atoms with Crippen LogP contribution in [0.25, 0.3) is 0 Å². The summed E-state index contributed by atoms with van der Waals surface area (Å²) in [7, 11) is -3.56. The summed E-state index contributed by atoms with van der Waals surface area (Å²) in [5, 5.41) is 9.56. The molecule has 0 unspecified atom stereocenters. The molecular formula is C19H29NO5S. The Bertz CT molecular complexity index is 779. The van der Waals surface area contributed by atoms with Crippen LogP contribution >= 0.6 is 0 Å². The predicted molar refractivity (Wildman–Crippen MR) is 94.6 cm³/mol. The Morgan fingerprint density at radius 1 is 1.31 bits per heavy atom. The van der Waals surface area contributed by atoms with Crippen molar-refractivity contribution in [1.29, 1.82) is 0 Å². The number of aliphatic hydroxyl groups excluding tert-OH is 1. The number of hydrogen-bond donors (Lipinski definition) is 1. The van der Waals surface area contributed by atoms with E-state index in [1.54, 1.807) is 0 Å². The fourth-order valence-electron chi connectivity index (χ4n) is 7.13. The molecule has 2 saturated heterocycles. The van der Waals surface area contributed by atoms with Crippen molar-refractivity contribution in [3.63, 3.8) is 0 Å². The maximum Gasteiger partial charge on any atom is 0.239 e. The summed E-state index contributed by atoms with van der Waals surface area (Å²) in [6, 6.07) is -0.161. The van der Waals surface area contributed by atoms with E-state index in [4.69, 9.17) is 4.74 Å². The molecule has 1 N–H and O–H groups in total. The van der Waals surface area contributed by atoms with E-state index in [0.29, 0.717) is 18.8 Å². The largest absolute Gasteiger partial charge is 0.393 e. The third-order valence-corrected chi connectivity index (χ3v) is 10.9. The van der Waals surface area contributed by atoms with E-state index in [1.165, 1.54) is 4.31 Å². The second kappa shape index (κ2) is 4.84. The summed E-state index contributed by atoms with van der Waals surface area (Å²) in [6.45, 7) is 6.36. The lowest BCUT2D eigenvalue weighted by Crippen LogP contribution is -2.49. The summed E-state index contributed by atoms with van der Waals surface area (Å²) < 4.78 is 33.1. The maximum atomic E-state index is 13.4. The second-order valence-corrected chi connectivity index (χ2v) is 12.0. The Balaban J connectivity index is 1.46. The van der Waals surface area contributed by atoms with Gasteiger partial charge in [-0.1, -0.05) is 20.8 Å². The summed E-state index contributed by atoms with van der Waals surface area (Å²) in [5.41, 5.74) is -0.770. The number of fused-ring (bicyclic) bond motifs is 2. The van der Waals surface area contributed by atoms with Gasteiger partial charge in [-0.15, -0.1) is 0 Å². The molecule has 1 spiro atoms. The van der Waals surface area contributed by atoms with E-state index in [2.05, 4.69) is 13.8 Å². The molecule has 146 valence electrons. The van der Waals surface area contributed by atoms with Crippen LogP contribution < -0.4 is 0 Å². The van der Waals surface area contributed by atoms with Gasteiger partial charge in [0.15, 0.2) is 0 Å². The third-order valence-electron chi connectivity index (χ3n) is 8.94. The van der Waals surface area contributed by atoms with Gasteiger partial charge in [-0.25, -0.2) is 12.7 Å². The van der Waals surface area contributed by atoms with E-state index >= 15 is 0 Å². The van der Waals surface area contributed by atoms with Crippen LogP contribution in [-0.2, 0) is 19.6 Å². The second-order valence-electron chi connectivity index (χ2n) is 10.1. The number of carbonyl (C=O) groups is 1. The number of epoxide rings is 1. The van der Waals surface area contributed by atoms with Gasteiger partial charge in [0.05, 0.1) is 24.5 Å². The normalized spacial score (nSPS) is 52.6. The minimum atomic E-state index is -3.56. The first kappa shape index (κ1) is 17.4. The zero-order valence-electron chi connectivity index (χ0n) is 15.8. The number of hydrogen-bond acceptors (Lipinski definition) is 5. The van der Waals surface area contributed by atoms with Crippen molar-refractivity contribution in [2.45, 2.75) is 70.6 Å². The zero-order chi connectivity index (χ0) is 18.7. The summed E-state index contributed by atoms with van der Waals surface area (Å²) >= 11 is 0. The van der Waals surface area contributed by atoms with Gasteiger partial charge in [0.25, 0.3) is 0 Å². The number of rotatable bonds is 2. The molecule has 3 aliphatic carbocycles. The molecule has 2 heterocycles. The van der Waals surface area contributed by atoms with Crippen LogP contribution in [0.1, 0.15) is 52.9 Å². The topological polar surface area (TPSA) is 87.2 Å². The zero-order valence-corrected chi connectivity index (χ0v) is 16.6. The first-order valence-electron chi connectivity index (χ1n) is 9.93. The lowest BCUT2D eigenvalue weighted by Gasteiger charge is -2.38. The molecule has 7 heteroatoms. The van der Waals surface area contributed by atoms with Crippen molar-refractivity contribution in [2.75, 3.05) is 12.4 Å². The third kappa shape index (κ3) is 1.85. The number of sulfonamides is 1. The van der Waals surface area contributed by atoms with E-state index < -0.39 is 15.6 Å².